The lowest BCUT2D eigenvalue weighted by Crippen LogP contribution is -2.41. The Bertz CT molecular complexity index is 455. The van der Waals surface area contributed by atoms with Crippen molar-refractivity contribution in [3.8, 4) is 0 Å². The number of hydrogen-bond acceptors (Lipinski definition) is 2. The molecule has 0 aliphatic heterocycles. The molecule has 5 heteroatoms. The van der Waals surface area contributed by atoms with Gasteiger partial charge >= 0.3 is 0 Å². The van der Waals surface area contributed by atoms with Crippen molar-refractivity contribution in [2.75, 3.05) is 6.54 Å². The Labute approximate surface area is 111 Å². The summed E-state index contributed by atoms with van der Waals surface area (Å²) in [5, 5.41) is 2.87. The van der Waals surface area contributed by atoms with E-state index in [1.165, 1.54) is 6.42 Å². The Morgan fingerprint density at radius 3 is 2.89 bits per heavy atom. The number of carbonyl (C=O) groups is 1. The molecule has 1 fully saturated rings. The molecule has 1 heterocycles. The number of amides is 1. The lowest BCUT2D eigenvalue weighted by atomic mass is 9.67. The maximum atomic E-state index is 13.0. The van der Waals surface area contributed by atoms with Crippen LogP contribution < -0.4 is 5.32 Å². The molecule has 1 amide bonds. The van der Waals surface area contributed by atoms with Crippen molar-refractivity contribution in [3.05, 3.63) is 28.8 Å². The molecule has 0 aromatic carbocycles. The van der Waals surface area contributed by atoms with Gasteiger partial charge in [-0.2, -0.15) is 0 Å². The molecule has 1 saturated carbocycles. The van der Waals surface area contributed by atoms with Crippen LogP contribution in [-0.4, -0.2) is 17.4 Å². The normalized spacial score (nSPS) is 17.1. The highest BCUT2D eigenvalue weighted by molar-refractivity contribution is 6.32. The molecular formula is C13H16ClFN2O. The first kappa shape index (κ1) is 13.3. The SMILES string of the molecule is CCC1(CNC(=O)c2cc(F)cnc2Cl)CCC1. The maximum absolute atomic E-state index is 13.0. The van der Waals surface area contributed by atoms with E-state index in [4.69, 9.17) is 11.6 Å². The summed E-state index contributed by atoms with van der Waals surface area (Å²) in [6, 6.07) is 1.12. The van der Waals surface area contributed by atoms with Gasteiger partial charge in [0.1, 0.15) is 11.0 Å². The van der Waals surface area contributed by atoms with Gasteiger partial charge in [0.25, 0.3) is 5.91 Å². The quantitative estimate of drug-likeness (QED) is 0.854. The van der Waals surface area contributed by atoms with Crippen LogP contribution in [-0.2, 0) is 0 Å². The van der Waals surface area contributed by atoms with Crippen molar-refractivity contribution in [2.45, 2.75) is 32.6 Å². The molecule has 0 spiro atoms. The summed E-state index contributed by atoms with van der Waals surface area (Å²) < 4.78 is 13.0. The van der Waals surface area contributed by atoms with Crippen LogP contribution in [0.2, 0.25) is 5.15 Å². The van der Waals surface area contributed by atoms with Crippen molar-refractivity contribution in [2.24, 2.45) is 5.41 Å². The molecule has 98 valence electrons. The molecule has 0 bridgehead atoms. The number of rotatable bonds is 4. The predicted molar refractivity (Wildman–Crippen MR) is 68.1 cm³/mol. The molecule has 0 unspecified atom stereocenters. The molecular weight excluding hydrogens is 255 g/mol. The van der Waals surface area contributed by atoms with Crippen LogP contribution in [0.3, 0.4) is 0 Å². The van der Waals surface area contributed by atoms with Gasteiger partial charge in [-0.25, -0.2) is 9.37 Å². The second kappa shape index (κ2) is 5.22. The van der Waals surface area contributed by atoms with E-state index in [0.29, 0.717) is 6.54 Å². The average molecular weight is 271 g/mol. The molecule has 1 aliphatic rings. The summed E-state index contributed by atoms with van der Waals surface area (Å²) in [5.74, 6) is -0.912. The van der Waals surface area contributed by atoms with Gasteiger partial charge in [0, 0.05) is 6.54 Å². The summed E-state index contributed by atoms with van der Waals surface area (Å²) in [5.41, 5.74) is 0.324. The smallest absolute Gasteiger partial charge is 0.254 e. The van der Waals surface area contributed by atoms with E-state index in [9.17, 15) is 9.18 Å². The highest BCUT2D eigenvalue weighted by Gasteiger charge is 2.35. The van der Waals surface area contributed by atoms with Crippen molar-refractivity contribution in [1.82, 2.24) is 10.3 Å². The van der Waals surface area contributed by atoms with E-state index in [2.05, 4.69) is 17.2 Å². The monoisotopic (exact) mass is 270 g/mol. The zero-order chi connectivity index (χ0) is 13.2. The van der Waals surface area contributed by atoms with Gasteiger partial charge in [-0.15, -0.1) is 0 Å². The lowest BCUT2D eigenvalue weighted by molar-refractivity contribution is 0.0849. The number of halogens is 2. The van der Waals surface area contributed by atoms with Gasteiger partial charge in [-0.1, -0.05) is 24.9 Å². The number of pyridine rings is 1. The van der Waals surface area contributed by atoms with Crippen LogP contribution in [0.4, 0.5) is 4.39 Å². The summed E-state index contributed by atoms with van der Waals surface area (Å²) in [6.07, 6.45) is 5.53. The Hall–Kier alpha value is -1.16. The topological polar surface area (TPSA) is 42.0 Å². The molecule has 1 aromatic heterocycles. The van der Waals surface area contributed by atoms with Gasteiger partial charge in [-0.3, -0.25) is 4.79 Å². The zero-order valence-corrected chi connectivity index (χ0v) is 11.1. The molecule has 1 N–H and O–H groups in total. The van der Waals surface area contributed by atoms with E-state index in [1.807, 2.05) is 0 Å². The van der Waals surface area contributed by atoms with Gasteiger partial charge < -0.3 is 5.32 Å². The number of nitrogens with one attached hydrogen (secondary N) is 1. The first-order chi connectivity index (χ1) is 8.56. The highest BCUT2D eigenvalue weighted by Crippen LogP contribution is 2.43. The molecule has 0 atom stereocenters. The van der Waals surface area contributed by atoms with Crippen LogP contribution in [0.25, 0.3) is 0 Å². The average Bonchev–Trinajstić information content (AvgIpc) is 2.31. The fourth-order valence-electron chi connectivity index (χ4n) is 2.28. The first-order valence-electron chi connectivity index (χ1n) is 6.15. The first-order valence-corrected chi connectivity index (χ1v) is 6.53. The lowest BCUT2D eigenvalue weighted by Gasteiger charge is -2.41. The number of aromatic nitrogens is 1. The third kappa shape index (κ3) is 2.64. The molecule has 2 rings (SSSR count). The van der Waals surface area contributed by atoms with Gasteiger partial charge in [0.05, 0.1) is 11.8 Å². The maximum Gasteiger partial charge on any atom is 0.254 e. The Kier molecular flexibility index (Phi) is 3.85. The minimum Gasteiger partial charge on any atom is -0.351 e. The van der Waals surface area contributed by atoms with Crippen LogP contribution >= 0.6 is 11.6 Å². The molecule has 0 radical (unpaired) electrons. The third-order valence-corrected chi connectivity index (χ3v) is 4.14. The van der Waals surface area contributed by atoms with Crippen molar-refractivity contribution in [3.63, 3.8) is 0 Å². The van der Waals surface area contributed by atoms with E-state index < -0.39 is 5.82 Å². The van der Waals surface area contributed by atoms with E-state index >= 15 is 0 Å². The van der Waals surface area contributed by atoms with E-state index in [1.54, 1.807) is 0 Å². The summed E-state index contributed by atoms with van der Waals surface area (Å²) in [4.78, 5) is 15.5. The van der Waals surface area contributed by atoms with Crippen molar-refractivity contribution < 1.29 is 9.18 Å². The van der Waals surface area contributed by atoms with Crippen molar-refractivity contribution >= 4 is 17.5 Å². The Morgan fingerprint density at radius 2 is 2.33 bits per heavy atom. The molecule has 18 heavy (non-hydrogen) atoms. The number of nitrogens with zero attached hydrogens (tertiary/aromatic N) is 1. The number of hydrogen-bond donors (Lipinski definition) is 1. The van der Waals surface area contributed by atoms with Crippen molar-refractivity contribution in [1.29, 1.82) is 0 Å². The molecule has 0 saturated heterocycles. The third-order valence-electron chi connectivity index (χ3n) is 3.84. The molecule has 1 aromatic rings. The highest BCUT2D eigenvalue weighted by atomic mass is 35.5. The fraction of sp³-hybridized carbons (Fsp3) is 0.538. The van der Waals surface area contributed by atoms with Crippen LogP contribution in [0.15, 0.2) is 12.3 Å². The Balaban J connectivity index is 2.01. The fourth-order valence-corrected chi connectivity index (χ4v) is 2.47. The van der Waals surface area contributed by atoms with Crippen LogP contribution in [0, 0.1) is 11.2 Å². The second-order valence-electron chi connectivity index (χ2n) is 4.88. The van der Waals surface area contributed by atoms with Gasteiger partial charge in [0.15, 0.2) is 0 Å². The van der Waals surface area contributed by atoms with E-state index in [0.717, 1.165) is 31.5 Å². The summed E-state index contributed by atoms with van der Waals surface area (Å²) >= 11 is 5.78. The number of carbonyl (C=O) groups excluding carboxylic acids is 1. The molecule has 1 aliphatic carbocycles. The largest absolute Gasteiger partial charge is 0.351 e. The summed E-state index contributed by atoms with van der Waals surface area (Å²) in [6.45, 7) is 2.75. The van der Waals surface area contributed by atoms with E-state index in [-0.39, 0.29) is 22.0 Å². The minimum absolute atomic E-state index is 0.0352. The second-order valence-corrected chi connectivity index (χ2v) is 5.24. The van der Waals surface area contributed by atoms with Crippen LogP contribution in [0.1, 0.15) is 43.0 Å². The Morgan fingerprint density at radius 1 is 1.61 bits per heavy atom. The van der Waals surface area contributed by atoms with Gasteiger partial charge in [-0.05, 0) is 30.7 Å². The summed E-state index contributed by atoms with van der Waals surface area (Å²) in [7, 11) is 0. The minimum atomic E-state index is -0.557. The standard InChI is InChI=1S/C13H16ClFN2O/c1-2-13(4-3-5-13)8-17-12(18)10-6-9(15)7-16-11(10)14/h6-7H,2-5,8H2,1H3,(H,17,18). The van der Waals surface area contributed by atoms with Gasteiger partial charge in [0.2, 0.25) is 0 Å². The van der Waals surface area contributed by atoms with Crippen LogP contribution in [0.5, 0.6) is 0 Å². The zero-order valence-electron chi connectivity index (χ0n) is 10.3. The molecule has 3 nitrogen and oxygen atoms in total. The predicted octanol–water partition coefficient (Wildman–Crippen LogP) is 3.18.